The topological polar surface area (TPSA) is 51.2 Å². The Hall–Kier alpha value is -3.18. The molecule has 1 aromatic heterocycles. The average Bonchev–Trinajstić information content (AvgIpc) is 2.74. The van der Waals surface area contributed by atoms with Crippen molar-refractivity contribution >= 4 is 44.0 Å². The van der Waals surface area contributed by atoms with E-state index in [0.29, 0.717) is 11.1 Å². The molecular formula is C24H19BrN2O2. The number of nitrogens with zero attached hydrogens (tertiary/aromatic N) is 1. The van der Waals surface area contributed by atoms with Crippen LogP contribution in [0.15, 0.2) is 77.3 Å². The predicted octanol–water partition coefficient (Wildman–Crippen LogP) is 6.29. The highest BCUT2D eigenvalue weighted by Crippen LogP contribution is 2.31. The highest BCUT2D eigenvalue weighted by molar-refractivity contribution is 9.10. The van der Waals surface area contributed by atoms with Crippen molar-refractivity contribution in [1.82, 2.24) is 4.98 Å². The normalized spacial score (nSPS) is 10.7. The summed E-state index contributed by atoms with van der Waals surface area (Å²) < 4.78 is 6.40. The number of rotatable bonds is 5. The SMILES string of the molecule is COc1cccc2c(Nc3ccc(C(=O)c4ccc(Br)cc4)cc3)cc(C)nc12. The Bertz CT molecular complexity index is 1190. The van der Waals surface area contributed by atoms with Gasteiger partial charge in [0.05, 0.1) is 7.11 Å². The van der Waals surface area contributed by atoms with Gasteiger partial charge in [0, 0.05) is 38.1 Å². The van der Waals surface area contributed by atoms with E-state index in [-0.39, 0.29) is 5.78 Å². The number of methoxy groups -OCH3 is 1. The Labute approximate surface area is 177 Å². The molecule has 29 heavy (non-hydrogen) atoms. The molecule has 5 heteroatoms. The number of aromatic nitrogens is 1. The van der Waals surface area contributed by atoms with Crippen molar-refractivity contribution in [1.29, 1.82) is 0 Å². The van der Waals surface area contributed by atoms with Crippen LogP contribution in [-0.2, 0) is 0 Å². The number of benzene rings is 3. The zero-order chi connectivity index (χ0) is 20.4. The number of halogens is 1. The van der Waals surface area contributed by atoms with Crippen molar-refractivity contribution in [2.24, 2.45) is 0 Å². The number of para-hydroxylation sites is 1. The first kappa shape index (κ1) is 19.2. The predicted molar refractivity (Wildman–Crippen MR) is 120 cm³/mol. The number of aryl methyl sites for hydroxylation is 1. The summed E-state index contributed by atoms with van der Waals surface area (Å²) in [5.41, 5.74) is 4.86. The molecule has 0 aliphatic rings. The molecule has 0 atom stereocenters. The van der Waals surface area contributed by atoms with Crippen LogP contribution in [0.4, 0.5) is 11.4 Å². The van der Waals surface area contributed by atoms with Gasteiger partial charge in [-0.05, 0) is 67.6 Å². The van der Waals surface area contributed by atoms with Crippen molar-refractivity contribution in [3.05, 3.63) is 94.1 Å². The maximum Gasteiger partial charge on any atom is 0.193 e. The van der Waals surface area contributed by atoms with Crippen LogP contribution in [-0.4, -0.2) is 17.9 Å². The van der Waals surface area contributed by atoms with Crippen molar-refractivity contribution in [2.45, 2.75) is 6.92 Å². The third-order valence-corrected chi connectivity index (χ3v) is 5.21. The summed E-state index contributed by atoms with van der Waals surface area (Å²) in [6, 6.07) is 22.7. The molecule has 0 unspecified atom stereocenters. The Morgan fingerprint density at radius 1 is 0.966 bits per heavy atom. The van der Waals surface area contributed by atoms with Gasteiger partial charge in [-0.25, -0.2) is 4.98 Å². The molecule has 0 amide bonds. The number of pyridine rings is 1. The number of fused-ring (bicyclic) bond motifs is 1. The van der Waals surface area contributed by atoms with Gasteiger partial charge in [0.1, 0.15) is 11.3 Å². The minimum absolute atomic E-state index is 0.000934. The third kappa shape index (κ3) is 4.00. The second-order valence-electron chi connectivity index (χ2n) is 6.71. The minimum atomic E-state index is -0.000934. The van der Waals surface area contributed by atoms with Crippen molar-refractivity contribution in [2.75, 3.05) is 12.4 Å². The number of anilines is 2. The van der Waals surface area contributed by atoms with Gasteiger partial charge in [-0.15, -0.1) is 0 Å². The number of hydrogen-bond donors (Lipinski definition) is 1. The number of ketones is 1. The Kier molecular flexibility index (Phi) is 5.32. The standard InChI is InChI=1S/C24H19BrN2O2/c1-15-14-21(20-4-3-5-22(29-2)23(20)26-15)27-19-12-8-17(9-13-19)24(28)16-6-10-18(25)11-7-16/h3-14H,1-2H3,(H,26,27). The van der Waals surface area contributed by atoms with E-state index in [2.05, 4.69) is 26.2 Å². The minimum Gasteiger partial charge on any atom is -0.494 e. The van der Waals surface area contributed by atoms with Crippen LogP contribution in [0.5, 0.6) is 5.75 Å². The lowest BCUT2D eigenvalue weighted by Crippen LogP contribution is -2.01. The molecule has 1 heterocycles. The van der Waals surface area contributed by atoms with Gasteiger partial charge in [-0.3, -0.25) is 4.79 Å². The quantitative estimate of drug-likeness (QED) is 0.366. The van der Waals surface area contributed by atoms with Crippen LogP contribution in [0.2, 0.25) is 0 Å². The van der Waals surface area contributed by atoms with Crippen LogP contribution in [0.25, 0.3) is 10.9 Å². The van der Waals surface area contributed by atoms with Gasteiger partial charge >= 0.3 is 0 Å². The van der Waals surface area contributed by atoms with Crippen LogP contribution in [0.3, 0.4) is 0 Å². The average molecular weight is 447 g/mol. The molecule has 0 saturated heterocycles. The molecule has 3 aromatic carbocycles. The lowest BCUT2D eigenvalue weighted by Gasteiger charge is -2.13. The first-order valence-electron chi connectivity index (χ1n) is 9.17. The molecule has 0 spiro atoms. The van der Waals surface area contributed by atoms with Gasteiger partial charge in [0.2, 0.25) is 0 Å². The molecule has 1 N–H and O–H groups in total. The van der Waals surface area contributed by atoms with Crippen LogP contribution >= 0.6 is 15.9 Å². The number of nitrogens with one attached hydrogen (secondary N) is 1. The van der Waals surface area contributed by atoms with Crippen LogP contribution < -0.4 is 10.1 Å². The van der Waals surface area contributed by atoms with Crippen molar-refractivity contribution in [3.63, 3.8) is 0 Å². The fourth-order valence-corrected chi connectivity index (χ4v) is 3.51. The largest absolute Gasteiger partial charge is 0.494 e. The van der Waals surface area contributed by atoms with Gasteiger partial charge in [0.25, 0.3) is 0 Å². The number of carbonyl (C=O) groups is 1. The summed E-state index contributed by atoms with van der Waals surface area (Å²) in [5.74, 6) is 0.740. The Morgan fingerprint density at radius 3 is 2.28 bits per heavy atom. The highest BCUT2D eigenvalue weighted by Gasteiger charge is 2.11. The lowest BCUT2D eigenvalue weighted by atomic mass is 10.0. The fourth-order valence-electron chi connectivity index (χ4n) is 3.25. The molecule has 0 saturated carbocycles. The van der Waals surface area contributed by atoms with E-state index in [1.54, 1.807) is 7.11 Å². The van der Waals surface area contributed by atoms with Gasteiger partial charge < -0.3 is 10.1 Å². The van der Waals surface area contributed by atoms with E-state index in [9.17, 15) is 4.79 Å². The van der Waals surface area contributed by atoms with Crippen LogP contribution in [0.1, 0.15) is 21.6 Å². The molecular weight excluding hydrogens is 428 g/mol. The Balaban J connectivity index is 1.62. The Morgan fingerprint density at radius 2 is 1.62 bits per heavy atom. The second-order valence-corrected chi connectivity index (χ2v) is 7.62. The summed E-state index contributed by atoms with van der Waals surface area (Å²) in [5, 5.41) is 4.42. The molecule has 0 fully saturated rings. The number of ether oxygens (including phenoxy) is 1. The smallest absolute Gasteiger partial charge is 0.193 e. The van der Waals surface area contributed by atoms with Gasteiger partial charge in [-0.2, -0.15) is 0 Å². The van der Waals surface area contributed by atoms with E-state index in [4.69, 9.17) is 4.74 Å². The zero-order valence-electron chi connectivity index (χ0n) is 16.1. The summed E-state index contributed by atoms with van der Waals surface area (Å²) in [4.78, 5) is 17.3. The molecule has 0 bridgehead atoms. The first-order valence-corrected chi connectivity index (χ1v) is 9.96. The van der Waals surface area contributed by atoms with Gasteiger partial charge in [0.15, 0.2) is 5.78 Å². The first-order chi connectivity index (χ1) is 14.0. The molecule has 144 valence electrons. The van der Waals surface area contributed by atoms with Crippen molar-refractivity contribution < 1.29 is 9.53 Å². The zero-order valence-corrected chi connectivity index (χ0v) is 17.7. The summed E-state index contributed by atoms with van der Waals surface area (Å²) in [7, 11) is 1.65. The summed E-state index contributed by atoms with van der Waals surface area (Å²) >= 11 is 3.39. The molecule has 0 radical (unpaired) electrons. The maximum atomic E-state index is 12.7. The molecule has 0 aliphatic heterocycles. The van der Waals surface area contributed by atoms with E-state index in [1.165, 1.54) is 0 Å². The fraction of sp³-hybridized carbons (Fsp3) is 0.0833. The van der Waals surface area contributed by atoms with E-state index in [1.807, 2.05) is 79.7 Å². The monoisotopic (exact) mass is 446 g/mol. The lowest BCUT2D eigenvalue weighted by molar-refractivity contribution is 0.103. The summed E-state index contributed by atoms with van der Waals surface area (Å²) in [6.45, 7) is 1.96. The summed E-state index contributed by atoms with van der Waals surface area (Å²) in [6.07, 6.45) is 0. The van der Waals surface area contributed by atoms with Crippen molar-refractivity contribution in [3.8, 4) is 5.75 Å². The van der Waals surface area contributed by atoms with E-state index >= 15 is 0 Å². The molecule has 4 nitrogen and oxygen atoms in total. The molecule has 4 rings (SSSR count). The van der Waals surface area contributed by atoms with Gasteiger partial charge in [-0.1, -0.05) is 28.1 Å². The number of carbonyl (C=O) groups excluding carboxylic acids is 1. The maximum absolute atomic E-state index is 12.7. The number of hydrogen-bond acceptors (Lipinski definition) is 4. The molecule has 4 aromatic rings. The van der Waals surface area contributed by atoms with E-state index < -0.39 is 0 Å². The third-order valence-electron chi connectivity index (χ3n) is 4.68. The van der Waals surface area contributed by atoms with Crippen LogP contribution in [0, 0.1) is 6.92 Å². The highest BCUT2D eigenvalue weighted by atomic mass is 79.9. The molecule has 0 aliphatic carbocycles. The second kappa shape index (κ2) is 8.05. The van der Waals surface area contributed by atoms with E-state index in [0.717, 1.165) is 38.2 Å².